The molecule has 12 heavy (non-hydrogen) atoms. The number of hydrogen-bond acceptors (Lipinski definition) is 3. The van der Waals surface area contributed by atoms with Crippen molar-refractivity contribution in [2.75, 3.05) is 19.6 Å². The van der Waals surface area contributed by atoms with Gasteiger partial charge in [-0.25, -0.2) is 5.01 Å². The third-order valence-corrected chi connectivity index (χ3v) is 1.91. The summed E-state index contributed by atoms with van der Waals surface area (Å²) in [5, 5.41) is 1.91. The Kier molecular flexibility index (Phi) is 8.88. The highest BCUT2D eigenvalue weighted by Crippen LogP contribution is 1.99. The van der Waals surface area contributed by atoms with Gasteiger partial charge < -0.3 is 5.73 Å². The molecule has 0 unspecified atom stereocenters. The fourth-order valence-corrected chi connectivity index (χ4v) is 1.21. The summed E-state index contributed by atoms with van der Waals surface area (Å²) in [7, 11) is 0. The molecule has 0 atom stereocenters. The first kappa shape index (κ1) is 11.9. The summed E-state index contributed by atoms with van der Waals surface area (Å²) in [5.74, 6) is 5.71. The van der Waals surface area contributed by atoms with Gasteiger partial charge in [0.05, 0.1) is 0 Å². The summed E-state index contributed by atoms with van der Waals surface area (Å²) in [6, 6.07) is 0. The fraction of sp³-hybridized carbons (Fsp3) is 1.00. The summed E-state index contributed by atoms with van der Waals surface area (Å²) >= 11 is 0. The molecule has 4 N–H and O–H groups in total. The minimum absolute atomic E-state index is 0.821. The lowest BCUT2D eigenvalue weighted by atomic mass is 10.2. The molecule has 0 bridgehead atoms. The van der Waals surface area contributed by atoms with Crippen molar-refractivity contribution in [1.82, 2.24) is 5.01 Å². The highest BCUT2D eigenvalue weighted by molar-refractivity contribution is 4.49. The molecular weight excluding hydrogens is 150 g/mol. The van der Waals surface area contributed by atoms with Crippen molar-refractivity contribution in [3.63, 3.8) is 0 Å². The number of nitrogens with two attached hydrogens (primary N) is 2. The summed E-state index contributed by atoms with van der Waals surface area (Å²) in [6.07, 6.45) is 6.00. The zero-order valence-corrected chi connectivity index (χ0v) is 8.26. The Balaban J connectivity index is 2.97. The van der Waals surface area contributed by atoms with Crippen molar-refractivity contribution in [1.29, 1.82) is 0 Å². The summed E-state index contributed by atoms with van der Waals surface area (Å²) < 4.78 is 0. The van der Waals surface area contributed by atoms with Crippen LogP contribution in [0, 0.1) is 0 Å². The third-order valence-electron chi connectivity index (χ3n) is 1.91. The van der Waals surface area contributed by atoms with Crippen LogP contribution in [0.5, 0.6) is 0 Å². The van der Waals surface area contributed by atoms with Crippen LogP contribution < -0.4 is 11.6 Å². The van der Waals surface area contributed by atoms with Crippen LogP contribution in [0.2, 0.25) is 0 Å². The fourth-order valence-electron chi connectivity index (χ4n) is 1.21. The number of hydrazine groups is 1. The van der Waals surface area contributed by atoms with Crippen molar-refractivity contribution in [3.8, 4) is 0 Å². The molecule has 0 aromatic heterocycles. The van der Waals surface area contributed by atoms with E-state index < -0.39 is 0 Å². The first-order valence-electron chi connectivity index (χ1n) is 5.01. The van der Waals surface area contributed by atoms with Crippen LogP contribution in [-0.4, -0.2) is 24.6 Å². The molecule has 74 valence electrons. The number of unbranched alkanes of at least 4 members (excludes halogenated alkanes) is 3. The van der Waals surface area contributed by atoms with Gasteiger partial charge in [0.25, 0.3) is 0 Å². The average molecular weight is 173 g/mol. The monoisotopic (exact) mass is 173 g/mol. The molecule has 0 radical (unpaired) electrons. The summed E-state index contributed by atoms with van der Waals surface area (Å²) in [6.45, 7) is 5.00. The lowest BCUT2D eigenvalue weighted by Crippen LogP contribution is -2.32. The van der Waals surface area contributed by atoms with E-state index in [-0.39, 0.29) is 0 Å². The first-order chi connectivity index (χ1) is 5.81. The van der Waals surface area contributed by atoms with Crippen LogP contribution >= 0.6 is 0 Å². The minimum atomic E-state index is 0.821. The molecule has 0 fully saturated rings. The van der Waals surface area contributed by atoms with Crippen molar-refractivity contribution in [2.45, 2.75) is 39.0 Å². The van der Waals surface area contributed by atoms with Crippen LogP contribution in [0.3, 0.4) is 0 Å². The molecule has 0 spiro atoms. The Morgan fingerprint density at radius 2 is 1.67 bits per heavy atom. The zero-order chi connectivity index (χ0) is 9.23. The molecule has 3 nitrogen and oxygen atoms in total. The maximum Gasteiger partial charge on any atom is 0.0128 e. The molecule has 0 aliphatic carbocycles. The van der Waals surface area contributed by atoms with E-state index >= 15 is 0 Å². The van der Waals surface area contributed by atoms with E-state index in [1.165, 1.54) is 19.3 Å². The van der Waals surface area contributed by atoms with Gasteiger partial charge in [0.1, 0.15) is 0 Å². The Bertz CT molecular complexity index is 85.8. The lowest BCUT2D eigenvalue weighted by molar-refractivity contribution is 0.276. The molecule has 0 heterocycles. The molecule has 0 amide bonds. The van der Waals surface area contributed by atoms with Crippen LogP contribution in [0.15, 0.2) is 0 Å². The van der Waals surface area contributed by atoms with Crippen LogP contribution in [0.25, 0.3) is 0 Å². The predicted molar refractivity (Wildman–Crippen MR) is 53.6 cm³/mol. The molecule has 0 aromatic carbocycles. The van der Waals surface area contributed by atoms with Gasteiger partial charge in [0, 0.05) is 13.1 Å². The Morgan fingerprint density at radius 1 is 1.00 bits per heavy atom. The van der Waals surface area contributed by atoms with Gasteiger partial charge in [0.2, 0.25) is 0 Å². The second kappa shape index (κ2) is 8.97. The van der Waals surface area contributed by atoms with Crippen LogP contribution in [0.4, 0.5) is 0 Å². The van der Waals surface area contributed by atoms with Crippen molar-refractivity contribution >= 4 is 0 Å². The molecule has 3 heteroatoms. The lowest BCUT2D eigenvalue weighted by Gasteiger charge is -2.14. The van der Waals surface area contributed by atoms with E-state index in [4.69, 9.17) is 11.6 Å². The molecule has 0 aliphatic heterocycles. The quantitative estimate of drug-likeness (QED) is 0.328. The van der Waals surface area contributed by atoms with Crippen molar-refractivity contribution in [2.24, 2.45) is 11.6 Å². The van der Waals surface area contributed by atoms with E-state index in [1.807, 2.05) is 5.01 Å². The second-order valence-electron chi connectivity index (χ2n) is 3.24. The third kappa shape index (κ3) is 7.98. The zero-order valence-electron chi connectivity index (χ0n) is 8.26. The smallest absolute Gasteiger partial charge is 0.0128 e. The number of rotatable bonds is 8. The average Bonchev–Trinajstić information content (AvgIpc) is 2.05. The Morgan fingerprint density at radius 3 is 2.25 bits per heavy atom. The number of hydrogen-bond donors (Lipinski definition) is 2. The van der Waals surface area contributed by atoms with Crippen LogP contribution in [0.1, 0.15) is 39.0 Å². The molecule has 0 aromatic rings. The van der Waals surface area contributed by atoms with Gasteiger partial charge in [-0.15, -0.1) is 0 Å². The molecule has 0 saturated carbocycles. The molecule has 0 aliphatic rings. The summed E-state index contributed by atoms with van der Waals surface area (Å²) in [4.78, 5) is 0. The molecular formula is C9H23N3. The van der Waals surface area contributed by atoms with E-state index in [1.54, 1.807) is 0 Å². The first-order valence-corrected chi connectivity index (χ1v) is 5.01. The van der Waals surface area contributed by atoms with Crippen molar-refractivity contribution in [3.05, 3.63) is 0 Å². The van der Waals surface area contributed by atoms with E-state index in [0.717, 1.165) is 32.5 Å². The molecule has 0 saturated heterocycles. The van der Waals surface area contributed by atoms with Gasteiger partial charge >= 0.3 is 0 Å². The van der Waals surface area contributed by atoms with Gasteiger partial charge in [-0.05, 0) is 25.8 Å². The number of nitrogens with zero attached hydrogens (tertiary/aromatic N) is 1. The van der Waals surface area contributed by atoms with Gasteiger partial charge in [0.15, 0.2) is 0 Å². The normalized spacial score (nSPS) is 11.0. The predicted octanol–water partition coefficient (Wildman–Crippen LogP) is 1.09. The van der Waals surface area contributed by atoms with Crippen molar-refractivity contribution < 1.29 is 0 Å². The van der Waals surface area contributed by atoms with Gasteiger partial charge in [-0.2, -0.15) is 0 Å². The molecule has 0 rings (SSSR count). The summed E-state index contributed by atoms with van der Waals surface area (Å²) in [5.41, 5.74) is 5.38. The topological polar surface area (TPSA) is 55.3 Å². The Labute approximate surface area is 76.1 Å². The van der Waals surface area contributed by atoms with Crippen LogP contribution in [-0.2, 0) is 0 Å². The largest absolute Gasteiger partial charge is 0.330 e. The van der Waals surface area contributed by atoms with E-state index in [9.17, 15) is 0 Å². The second-order valence-corrected chi connectivity index (χ2v) is 3.24. The highest BCUT2D eigenvalue weighted by atomic mass is 15.4. The maximum atomic E-state index is 5.71. The van der Waals surface area contributed by atoms with E-state index in [2.05, 4.69) is 6.92 Å². The highest BCUT2D eigenvalue weighted by Gasteiger charge is 1.95. The Hall–Kier alpha value is -0.120. The SMILES string of the molecule is CCCN(N)CCCCCCN. The van der Waals surface area contributed by atoms with Gasteiger partial charge in [-0.3, -0.25) is 5.84 Å². The van der Waals surface area contributed by atoms with Gasteiger partial charge in [-0.1, -0.05) is 19.8 Å². The maximum absolute atomic E-state index is 5.71. The van der Waals surface area contributed by atoms with E-state index in [0.29, 0.717) is 0 Å². The minimum Gasteiger partial charge on any atom is -0.330 e. The standard InChI is InChI=1S/C9H23N3/c1-2-8-12(11)9-6-4-3-5-7-10/h2-11H2,1H3.